The Kier molecular flexibility index (Phi) is 9.79. The van der Waals surface area contributed by atoms with Crippen molar-refractivity contribution in [1.82, 2.24) is 20.0 Å². The molecule has 45 heavy (non-hydrogen) atoms. The molecule has 4 heterocycles. The number of aliphatic carboxylic acids is 1. The van der Waals surface area contributed by atoms with E-state index in [1.54, 1.807) is 28.8 Å². The number of carbonyl (C=O) groups excluding carboxylic acids is 1. The normalized spacial score (nSPS) is 31.1. The van der Waals surface area contributed by atoms with E-state index in [1.165, 1.54) is 6.07 Å². The summed E-state index contributed by atoms with van der Waals surface area (Å²) in [5, 5.41) is 25.0. The van der Waals surface area contributed by atoms with Gasteiger partial charge in [-0.15, -0.1) is 0 Å². The molecule has 4 aliphatic heterocycles. The van der Waals surface area contributed by atoms with Crippen LogP contribution in [0.1, 0.15) is 56.7 Å². The number of carbonyl (C=O) groups is 2. The standard InChI is InChI=1S/C31H40FIN6O5S/c1-4-44-29(42)24-23(35-26(27-34-17-33-45-27)36-25(24)21-6-5-7-22(32)18(21)2)14-37-12-13-39-30(43)38(16-31(39,3)15-37)20-10-8-19(9-11-20)28(40)41/h5-7,17,19-20,25,30,43H,4,8-16H2,1-3H3,(H,35,36)(H,40,41). The number of carboxylic acid groups (broad SMARTS) is 1. The molecule has 3 N–H and O–H groups in total. The summed E-state index contributed by atoms with van der Waals surface area (Å²) in [7, 11) is 1.66. The first-order chi connectivity index (χ1) is 21.6. The summed E-state index contributed by atoms with van der Waals surface area (Å²) in [6.45, 7) is 8.85. The molecule has 1 saturated carbocycles. The van der Waals surface area contributed by atoms with Gasteiger partial charge >= 0.3 is 11.9 Å². The van der Waals surface area contributed by atoms with Crippen molar-refractivity contribution in [2.24, 2.45) is 15.9 Å². The van der Waals surface area contributed by atoms with Crippen molar-refractivity contribution in [2.75, 3.05) is 39.3 Å². The number of aliphatic imine (C=N–C) groups is 2. The zero-order valence-corrected chi connectivity index (χ0v) is 28.7. The smallest absolute Gasteiger partial charge is 0.338 e. The van der Waals surface area contributed by atoms with Gasteiger partial charge in [-0.3, -0.25) is 24.5 Å². The first kappa shape index (κ1) is 32.7. The van der Waals surface area contributed by atoms with Gasteiger partial charge in [0.15, 0.2) is 12.2 Å². The number of piperazine rings is 1. The number of aliphatic hydroxyl groups excluding tert-OH is 1. The van der Waals surface area contributed by atoms with E-state index >= 15 is 0 Å². The maximum absolute atomic E-state index is 14.8. The van der Waals surface area contributed by atoms with Crippen LogP contribution in [0.25, 0.3) is 0 Å². The van der Waals surface area contributed by atoms with Crippen molar-refractivity contribution >= 4 is 55.2 Å². The third kappa shape index (κ3) is 6.50. The molecular formula is C31H40FIN6O5S. The van der Waals surface area contributed by atoms with E-state index < -0.39 is 24.3 Å². The average Bonchev–Trinajstić information content (AvgIpc) is 3.64. The Hall–Kier alpha value is -2.24. The molecule has 1 aliphatic carbocycles. The summed E-state index contributed by atoms with van der Waals surface area (Å²) in [6.07, 6.45) is 2.04. The molecule has 0 bridgehead atoms. The number of aliphatic hydroxyl groups is 1. The highest BCUT2D eigenvalue weighted by atomic mass is 127. The third-order valence-corrected chi connectivity index (χ3v) is 13.3. The number of fused-ring (bicyclic) bond motifs is 1. The fourth-order valence-electron chi connectivity index (χ4n) is 7.36. The summed E-state index contributed by atoms with van der Waals surface area (Å²) < 4.78 is 22.3. The first-order valence-corrected chi connectivity index (χ1v) is 20.1. The van der Waals surface area contributed by atoms with Gasteiger partial charge in [-0.1, -0.05) is 12.1 Å². The molecule has 5 aliphatic rings. The quantitative estimate of drug-likeness (QED) is 0.269. The number of carboxylic acids is 1. The van der Waals surface area contributed by atoms with Crippen LogP contribution in [0.4, 0.5) is 4.39 Å². The summed E-state index contributed by atoms with van der Waals surface area (Å²) >= 11 is -0.277. The molecule has 3 atom stereocenters. The molecule has 0 radical (unpaired) electrons. The minimum absolute atomic E-state index is 0.142. The molecule has 14 heteroatoms. The molecule has 3 fully saturated rings. The van der Waals surface area contributed by atoms with E-state index in [2.05, 4.69) is 31.9 Å². The zero-order chi connectivity index (χ0) is 31.9. The monoisotopic (exact) mass is 754 g/mol. The van der Waals surface area contributed by atoms with Gasteiger partial charge in [0.1, 0.15) is 16.9 Å². The van der Waals surface area contributed by atoms with Gasteiger partial charge in [0.25, 0.3) is 0 Å². The van der Waals surface area contributed by atoms with Gasteiger partial charge < -0.3 is 20.3 Å². The molecule has 3 unspecified atom stereocenters. The molecule has 1 aromatic rings. The van der Waals surface area contributed by atoms with E-state index in [1.807, 2.05) is 10.2 Å². The number of ether oxygens (including phenoxy) is 1. The van der Waals surface area contributed by atoms with Crippen LogP contribution < -0.4 is 5.32 Å². The Balaban J connectivity index is 1.27. The Bertz CT molecular complexity index is 1480. The van der Waals surface area contributed by atoms with Crippen molar-refractivity contribution in [3.8, 4) is 0 Å². The lowest BCUT2D eigenvalue weighted by molar-refractivity contribution is -0.144. The second-order valence-corrected chi connectivity index (χ2v) is 16.7. The Morgan fingerprint density at radius 2 is 2.00 bits per heavy atom. The molecule has 2 saturated heterocycles. The van der Waals surface area contributed by atoms with Crippen LogP contribution in [0.5, 0.6) is 0 Å². The fraction of sp³-hybridized carbons (Fsp3) is 0.581. The lowest BCUT2D eigenvalue weighted by Gasteiger charge is -2.45. The summed E-state index contributed by atoms with van der Waals surface area (Å²) in [5.41, 5.74) is 1.74. The van der Waals surface area contributed by atoms with Gasteiger partial charge in [-0.25, -0.2) is 14.2 Å². The summed E-state index contributed by atoms with van der Waals surface area (Å²) in [4.78, 5) is 41.2. The van der Waals surface area contributed by atoms with Crippen molar-refractivity contribution < 1.29 is 28.9 Å². The minimum Gasteiger partial charge on any atom is -0.481 e. The molecule has 1 aromatic carbocycles. The SMILES string of the molecule is CCOC(=O)C1=C(CN2CCN3C(O)N(C4CCC(C(=O)O)CC4)CC3(C)C2)NC(C2=NC=IS2)=NC1c1cccc(F)c1C. The van der Waals surface area contributed by atoms with Crippen molar-refractivity contribution in [3.63, 3.8) is 0 Å². The number of hydrogen-bond acceptors (Lipinski definition) is 11. The molecule has 0 amide bonds. The van der Waals surface area contributed by atoms with Crippen LogP contribution in [0, 0.1) is 18.7 Å². The van der Waals surface area contributed by atoms with Crippen molar-refractivity contribution in [2.45, 2.75) is 70.4 Å². The minimum atomic E-state index is -0.755. The number of esters is 1. The summed E-state index contributed by atoms with van der Waals surface area (Å²) in [6, 6.07) is 4.25. The third-order valence-electron chi connectivity index (χ3n) is 9.66. The maximum Gasteiger partial charge on any atom is 0.338 e. The van der Waals surface area contributed by atoms with Gasteiger partial charge in [0.2, 0.25) is 0 Å². The van der Waals surface area contributed by atoms with Crippen molar-refractivity contribution in [1.29, 1.82) is 0 Å². The zero-order valence-electron chi connectivity index (χ0n) is 25.7. The predicted molar refractivity (Wildman–Crippen MR) is 181 cm³/mol. The Labute approximate surface area is 275 Å². The number of rotatable bonds is 8. The molecule has 0 aromatic heterocycles. The lowest BCUT2D eigenvalue weighted by Crippen LogP contribution is -2.61. The van der Waals surface area contributed by atoms with Crippen LogP contribution in [-0.4, -0.2) is 109 Å². The number of nitrogens with zero attached hydrogens (tertiary/aromatic N) is 5. The fourth-order valence-corrected chi connectivity index (χ4v) is 10.6. The Morgan fingerprint density at radius 1 is 1.22 bits per heavy atom. The molecular weight excluding hydrogens is 714 g/mol. The van der Waals surface area contributed by atoms with Crippen molar-refractivity contribution in [3.05, 3.63) is 46.4 Å². The largest absolute Gasteiger partial charge is 0.481 e. The summed E-state index contributed by atoms with van der Waals surface area (Å²) in [5.74, 6) is -1.30. The van der Waals surface area contributed by atoms with E-state index in [4.69, 9.17) is 9.73 Å². The molecule has 244 valence electrons. The highest BCUT2D eigenvalue weighted by Gasteiger charge is 2.52. The topological polar surface area (TPSA) is 130 Å². The van der Waals surface area contributed by atoms with Crippen LogP contribution in [-0.2, 0) is 14.3 Å². The van der Waals surface area contributed by atoms with E-state index in [-0.39, 0.29) is 49.3 Å². The van der Waals surface area contributed by atoms with Gasteiger partial charge in [0, 0.05) is 50.0 Å². The number of nitrogens with one attached hydrogen (secondary N) is 1. The number of amidine groups is 1. The van der Waals surface area contributed by atoms with Crippen LogP contribution in [0.15, 0.2) is 39.5 Å². The predicted octanol–water partition coefficient (Wildman–Crippen LogP) is 3.40. The number of hydrogen-bond donors (Lipinski definition) is 3. The van der Waals surface area contributed by atoms with Crippen LogP contribution >= 0.6 is 28.3 Å². The lowest BCUT2D eigenvalue weighted by atomic mass is 9.85. The maximum atomic E-state index is 14.8. The second-order valence-electron chi connectivity index (χ2n) is 12.5. The average molecular weight is 755 g/mol. The van der Waals surface area contributed by atoms with Gasteiger partial charge in [-0.2, -0.15) is 0 Å². The van der Waals surface area contributed by atoms with E-state index in [0.717, 1.165) is 17.9 Å². The highest BCUT2D eigenvalue weighted by molar-refractivity contribution is 14.2. The number of halogens is 2. The first-order valence-electron chi connectivity index (χ1n) is 15.5. The van der Waals surface area contributed by atoms with Crippen LogP contribution in [0.3, 0.4) is 0 Å². The molecule has 6 rings (SSSR count). The highest BCUT2D eigenvalue weighted by Crippen LogP contribution is 2.40. The molecule has 11 nitrogen and oxygen atoms in total. The Morgan fingerprint density at radius 3 is 2.69 bits per heavy atom. The van der Waals surface area contributed by atoms with E-state index in [0.29, 0.717) is 73.8 Å². The number of benzene rings is 1. The van der Waals surface area contributed by atoms with Gasteiger partial charge in [-0.05, 0) is 91.9 Å². The van der Waals surface area contributed by atoms with Gasteiger partial charge in [0.05, 0.1) is 22.2 Å². The van der Waals surface area contributed by atoms with Crippen LogP contribution in [0.2, 0.25) is 0 Å². The second kappa shape index (κ2) is 13.5. The van der Waals surface area contributed by atoms with E-state index in [9.17, 15) is 24.2 Å². The molecule has 0 spiro atoms.